The van der Waals surface area contributed by atoms with Crippen molar-refractivity contribution in [3.8, 4) is 11.3 Å². The minimum Gasteiger partial charge on any atom is -0.322 e. The molecule has 31 heavy (non-hydrogen) atoms. The fraction of sp³-hybridized carbons (Fsp3) is 0.185. The maximum atomic E-state index is 13.6. The Hall–Kier alpha value is -3.17. The molecule has 0 saturated heterocycles. The molecular weight excluding hydrogens is 404 g/mol. The zero-order valence-electron chi connectivity index (χ0n) is 18.4. The Bertz CT molecular complexity index is 1340. The number of aryl methyl sites for hydroxylation is 4. The van der Waals surface area contributed by atoms with Crippen molar-refractivity contribution in [3.63, 3.8) is 0 Å². The van der Waals surface area contributed by atoms with Gasteiger partial charge in [0.2, 0.25) is 0 Å². The van der Waals surface area contributed by atoms with E-state index in [1.807, 2.05) is 83.1 Å². The number of hydrogen-bond acceptors (Lipinski definition) is 2. The second-order valence-corrected chi connectivity index (χ2v) is 8.66. The van der Waals surface area contributed by atoms with E-state index >= 15 is 0 Å². The third-order valence-corrected chi connectivity index (χ3v) is 5.87. The second-order valence-electron chi connectivity index (χ2n) is 8.22. The SMILES string of the molecule is Cc1ccc(C)c(NC(=O)c2c(C)c(-c3cccc(Cl)c3)nc3c(C)cc(C)cc23)c1. The fourth-order valence-electron chi connectivity index (χ4n) is 4.08. The van der Waals surface area contributed by atoms with Crippen molar-refractivity contribution in [2.24, 2.45) is 0 Å². The van der Waals surface area contributed by atoms with Crippen molar-refractivity contribution in [3.05, 3.63) is 93.0 Å². The molecule has 156 valence electrons. The molecule has 0 aliphatic rings. The van der Waals surface area contributed by atoms with Crippen molar-refractivity contribution in [1.82, 2.24) is 4.98 Å². The van der Waals surface area contributed by atoms with Crippen LogP contribution < -0.4 is 5.32 Å². The van der Waals surface area contributed by atoms with Gasteiger partial charge in [0.05, 0.1) is 16.8 Å². The number of carbonyl (C=O) groups excluding carboxylic acids is 1. The van der Waals surface area contributed by atoms with Gasteiger partial charge in [-0.1, -0.05) is 47.5 Å². The molecule has 0 atom stereocenters. The number of nitrogens with one attached hydrogen (secondary N) is 1. The molecule has 0 bridgehead atoms. The molecular formula is C27H25ClN2O. The van der Waals surface area contributed by atoms with Crippen molar-refractivity contribution in [1.29, 1.82) is 0 Å². The predicted octanol–water partition coefficient (Wildman–Crippen LogP) is 7.35. The van der Waals surface area contributed by atoms with Crippen LogP contribution in [-0.2, 0) is 0 Å². The summed E-state index contributed by atoms with van der Waals surface area (Å²) in [5, 5.41) is 4.64. The normalized spacial score (nSPS) is 11.0. The summed E-state index contributed by atoms with van der Waals surface area (Å²) >= 11 is 6.25. The van der Waals surface area contributed by atoms with E-state index in [-0.39, 0.29) is 5.91 Å². The first-order valence-electron chi connectivity index (χ1n) is 10.3. The van der Waals surface area contributed by atoms with Crippen LogP contribution in [0.4, 0.5) is 5.69 Å². The first-order chi connectivity index (χ1) is 14.7. The summed E-state index contributed by atoms with van der Waals surface area (Å²) in [5.74, 6) is -0.133. The van der Waals surface area contributed by atoms with E-state index in [4.69, 9.17) is 16.6 Å². The van der Waals surface area contributed by atoms with E-state index < -0.39 is 0 Å². The van der Waals surface area contributed by atoms with E-state index in [0.717, 1.165) is 55.7 Å². The Balaban J connectivity index is 1.97. The number of pyridine rings is 1. The van der Waals surface area contributed by atoms with Crippen LogP contribution in [0, 0.1) is 34.6 Å². The molecule has 0 fully saturated rings. The number of halogens is 1. The van der Waals surface area contributed by atoms with E-state index in [1.165, 1.54) is 0 Å². The highest BCUT2D eigenvalue weighted by Crippen LogP contribution is 2.33. The summed E-state index contributed by atoms with van der Waals surface area (Å²) in [5.41, 5.74) is 9.07. The molecule has 0 aliphatic carbocycles. The van der Waals surface area contributed by atoms with Crippen molar-refractivity contribution < 1.29 is 4.79 Å². The molecule has 1 aromatic heterocycles. The molecule has 0 radical (unpaired) electrons. The zero-order valence-corrected chi connectivity index (χ0v) is 19.2. The predicted molar refractivity (Wildman–Crippen MR) is 130 cm³/mol. The van der Waals surface area contributed by atoms with Crippen molar-refractivity contribution in [2.75, 3.05) is 5.32 Å². The van der Waals surface area contributed by atoms with Crippen molar-refractivity contribution >= 4 is 34.1 Å². The number of anilines is 1. The van der Waals surface area contributed by atoms with Gasteiger partial charge in [-0.05, 0) is 81.1 Å². The average Bonchev–Trinajstić information content (AvgIpc) is 2.70. The van der Waals surface area contributed by atoms with Gasteiger partial charge in [-0.25, -0.2) is 4.98 Å². The average molecular weight is 429 g/mol. The van der Waals surface area contributed by atoms with Crippen LogP contribution >= 0.6 is 11.6 Å². The summed E-state index contributed by atoms with van der Waals surface area (Å²) in [4.78, 5) is 18.6. The van der Waals surface area contributed by atoms with Crippen LogP contribution in [0.15, 0.2) is 54.6 Å². The molecule has 0 spiro atoms. The van der Waals surface area contributed by atoms with Gasteiger partial charge >= 0.3 is 0 Å². The Morgan fingerprint density at radius 3 is 2.39 bits per heavy atom. The molecule has 1 amide bonds. The third kappa shape index (κ3) is 4.06. The molecule has 0 unspecified atom stereocenters. The van der Waals surface area contributed by atoms with Crippen molar-refractivity contribution in [2.45, 2.75) is 34.6 Å². The Kier molecular flexibility index (Phi) is 5.55. The van der Waals surface area contributed by atoms with Gasteiger partial charge < -0.3 is 5.32 Å². The monoisotopic (exact) mass is 428 g/mol. The number of aromatic nitrogens is 1. The Morgan fingerprint density at radius 1 is 0.871 bits per heavy atom. The first-order valence-corrected chi connectivity index (χ1v) is 10.7. The highest BCUT2D eigenvalue weighted by atomic mass is 35.5. The Labute approximate surface area is 188 Å². The number of hydrogen-bond donors (Lipinski definition) is 1. The number of amides is 1. The maximum absolute atomic E-state index is 13.6. The topological polar surface area (TPSA) is 42.0 Å². The number of nitrogens with zero attached hydrogens (tertiary/aromatic N) is 1. The molecule has 0 saturated carbocycles. The fourth-order valence-corrected chi connectivity index (χ4v) is 4.27. The minimum absolute atomic E-state index is 0.133. The molecule has 4 heteroatoms. The van der Waals surface area contributed by atoms with E-state index in [1.54, 1.807) is 0 Å². The summed E-state index contributed by atoms with van der Waals surface area (Å²) in [6.45, 7) is 10.0. The summed E-state index contributed by atoms with van der Waals surface area (Å²) in [6.07, 6.45) is 0. The van der Waals surface area contributed by atoms with Gasteiger partial charge in [0.1, 0.15) is 0 Å². The quantitative estimate of drug-likeness (QED) is 0.370. The van der Waals surface area contributed by atoms with Gasteiger partial charge in [0.25, 0.3) is 5.91 Å². The lowest BCUT2D eigenvalue weighted by Gasteiger charge is -2.17. The molecule has 1 N–H and O–H groups in total. The van der Waals surface area contributed by atoms with Crippen LogP contribution in [-0.4, -0.2) is 10.9 Å². The van der Waals surface area contributed by atoms with Crippen LogP contribution in [0.2, 0.25) is 5.02 Å². The largest absolute Gasteiger partial charge is 0.322 e. The first kappa shape index (κ1) is 21.1. The number of rotatable bonds is 3. The van der Waals surface area contributed by atoms with Gasteiger partial charge in [0, 0.05) is 21.7 Å². The minimum atomic E-state index is -0.133. The second kappa shape index (κ2) is 8.16. The number of carbonyl (C=O) groups is 1. The summed E-state index contributed by atoms with van der Waals surface area (Å²) < 4.78 is 0. The lowest BCUT2D eigenvalue weighted by molar-refractivity contribution is 0.102. The van der Waals surface area contributed by atoms with E-state index in [2.05, 4.69) is 11.4 Å². The lowest BCUT2D eigenvalue weighted by atomic mass is 9.94. The molecule has 0 aliphatic heterocycles. The van der Waals surface area contributed by atoms with Gasteiger partial charge in [-0.15, -0.1) is 0 Å². The standard InChI is InChI=1S/C27H25ClN2O/c1-15-9-10-17(3)23(13-15)29-27(31)24-19(5)26(20-7-6-8-21(28)14-20)30-25-18(4)11-16(2)12-22(24)25/h6-14H,1-5H3,(H,29,31). The summed E-state index contributed by atoms with van der Waals surface area (Å²) in [6, 6.07) is 17.8. The van der Waals surface area contributed by atoms with E-state index in [9.17, 15) is 4.79 Å². The number of benzene rings is 3. The zero-order chi connectivity index (χ0) is 22.3. The van der Waals surface area contributed by atoms with Gasteiger partial charge in [-0.2, -0.15) is 0 Å². The molecule has 1 heterocycles. The molecule has 4 rings (SSSR count). The lowest BCUT2D eigenvalue weighted by Crippen LogP contribution is -2.16. The van der Waals surface area contributed by atoms with Gasteiger partial charge in [-0.3, -0.25) is 4.79 Å². The van der Waals surface area contributed by atoms with E-state index in [0.29, 0.717) is 10.6 Å². The van der Waals surface area contributed by atoms with Crippen LogP contribution in [0.3, 0.4) is 0 Å². The van der Waals surface area contributed by atoms with Crippen LogP contribution in [0.1, 0.15) is 38.2 Å². The molecule has 3 aromatic carbocycles. The summed E-state index contributed by atoms with van der Waals surface area (Å²) in [7, 11) is 0. The third-order valence-electron chi connectivity index (χ3n) is 5.63. The molecule has 4 aromatic rings. The maximum Gasteiger partial charge on any atom is 0.256 e. The number of fused-ring (bicyclic) bond motifs is 1. The Morgan fingerprint density at radius 2 is 1.65 bits per heavy atom. The van der Waals surface area contributed by atoms with Gasteiger partial charge in [0.15, 0.2) is 0 Å². The van der Waals surface area contributed by atoms with Crippen LogP contribution in [0.5, 0.6) is 0 Å². The van der Waals surface area contributed by atoms with Crippen LogP contribution in [0.25, 0.3) is 22.2 Å². The molecule has 3 nitrogen and oxygen atoms in total. The smallest absolute Gasteiger partial charge is 0.256 e. The highest BCUT2D eigenvalue weighted by molar-refractivity contribution is 6.30. The highest BCUT2D eigenvalue weighted by Gasteiger charge is 2.21.